The predicted octanol–water partition coefficient (Wildman–Crippen LogP) is 2.00. The second-order valence-electron chi connectivity index (χ2n) is 6.23. The molecule has 1 aliphatic heterocycles. The molecule has 25 heavy (non-hydrogen) atoms. The van der Waals surface area contributed by atoms with Crippen LogP contribution >= 0.6 is 0 Å². The maximum atomic E-state index is 4.74. The van der Waals surface area contributed by atoms with E-state index in [-0.39, 0.29) is 0 Å². The van der Waals surface area contributed by atoms with E-state index in [2.05, 4.69) is 30.9 Å². The van der Waals surface area contributed by atoms with Gasteiger partial charge in [-0.05, 0) is 38.1 Å². The van der Waals surface area contributed by atoms with Crippen LogP contribution in [0.25, 0.3) is 5.82 Å². The van der Waals surface area contributed by atoms with Gasteiger partial charge in [-0.15, -0.1) is 0 Å². The third-order valence-corrected chi connectivity index (χ3v) is 4.32. The van der Waals surface area contributed by atoms with Crippen molar-refractivity contribution >= 4 is 11.8 Å². The number of aromatic nitrogens is 5. The second kappa shape index (κ2) is 6.51. The van der Waals surface area contributed by atoms with E-state index in [1.54, 1.807) is 10.9 Å². The largest absolute Gasteiger partial charge is 0.353 e. The Kier molecular flexibility index (Phi) is 4.05. The molecule has 0 bridgehead atoms. The Bertz CT molecular complexity index is 831. The molecule has 128 valence electrons. The number of hydrogen-bond donors (Lipinski definition) is 0. The van der Waals surface area contributed by atoms with Crippen molar-refractivity contribution in [3.8, 4) is 5.82 Å². The van der Waals surface area contributed by atoms with E-state index in [0.29, 0.717) is 0 Å². The summed E-state index contributed by atoms with van der Waals surface area (Å²) in [6, 6.07) is 9.95. The molecule has 1 aliphatic rings. The molecule has 0 saturated carbocycles. The van der Waals surface area contributed by atoms with Crippen molar-refractivity contribution in [2.75, 3.05) is 36.0 Å². The van der Waals surface area contributed by atoms with Crippen molar-refractivity contribution < 1.29 is 0 Å². The maximum absolute atomic E-state index is 4.74. The van der Waals surface area contributed by atoms with Crippen molar-refractivity contribution in [1.82, 2.24) is 24.7 Å². The summed E-state index contributed by atoms with van der Waals surface area (Å²) < 4.78 is 1.78. The summed E-state index contributed by atoms with van der Waals surface area (Å²) >= 11 is 0. The van der Waals surface area contributed by atoms with Gasteiger partial charge >= 0.3 is 0 Å². The molecular formula is C18H21N7. The molecule has 0 unspecified atom stereocenters. The van der Waals surface area contributed by atoms with Crippen LogP contribution < -0.4 is 9.80 Å². The zero-order valence-corrected chi connectivity index (χ0v) is 14.5. The Morgan fingerprint density at radius 2 is 1.48 bits per heavy atom. The van der Waals surface area contributed by atoms with Gasteiger partial charge < -0.3 is 9.80 Å². The van der Waals surface area contributed by atoms with E-state index in [1.165, 1.54) is 0 Å². The quantitative estimate of drug-likeness (QED) is 0.729. The first-order valence-electron chi connectivity index (χ1n) is 8.48. The summed E-state index contributed by atoms with van der Waals surface area (Å²) in [6.45, 7) is 7.59. The van der Waals surface area contributed by atoms with Gasteiger partial charge in [0.1, 0.15) is 5.82 Å². The molecule has 0 radical (unpaired) electrons. The number of hydrogen-bond acceptors (Lipinski definition) is 6. The fourth-order valence-electron chi connectivity index (χ4n) is 3.10. The lowest BCUT2D eigenvalue weighted by Gasteiger charge is -2.35. The topological polar surface area (TPSA) is 63.0 Å². The SMILES string of the molecule is Cc1cc(C)nc(N2CCN(c3cccc(-n4cccn4)n3)CC2)n1. The number of nitrogens with zero attached hydrogens (tertiary/aromatic N) is 7. The van der Waals surface area contributed by atoms with Gasteiger partial charge in [-0.25, -0.2) is 19.6 Å². The average molecular weight is 335 g/mol. The number of rotatable bonds is 3. The molecule has 3 aromatic heterocycles. The van der Waals surface area contributed by atoms with Crippen molar-refractivity contribution in [2.45, 2.75) is 13.8 Å². The van der Waals surface area contributed by atoms with E-state index in [1.807, 2.05) is 44.3 Å². The first-order valence-corrected chi connectivity index (χ1v) is 8.48. The van der Waals surface area contributed by atoms with Crippen LogP contribution in [0.3, 0.4) is 0 Å². The third-order valence-electron chi connectivity index (χ3n) is 4.32. The van der Waals surface area contributed by atoms with Gasteiger partial charge in [0.05, 0.1) is 0 Å². The van der Waals surface area contributed by atoms with Gasteiger partial charge in [-0.1, -0.05) is 6.07 Å². The van der Waals surface area contributed by atoms with Gasteiger partial charge in [0.25, 0.3) is 0 Å². The van der Waals surface area contributed by atoms with Crippen molar-refractivity contribution in [2.24, 2.45) is 0 Å². The Hall–Kier alpha value is -2.96. The molecule has 4 rings (SSSR count). The number of piperazine rings is 1. The average Bonchev–Trinajstić information content (AvgIpc) is 3.16. The van der Waals surface area contributed by atoms with E-state index in [9.17, 15) is 0 Å². The Labute approximate surface area is 147 Å². The van der Waals surface area contributed by atoms with Gasteiger partial charge in [-0.3, -0.25) is 0 Å². The lowest BCUT2D eigenvalue weighted by atomic mass is 10.3. The summed E-state index contributed by atoms with van der Waals surface area (Å²) in [5.74, 6) is 2.65. The summed E-state index contributed by atoms with van der Waals surface area (Å²) in [6.07, 6.45) is 3.67. The van der Waals surface area contributed by atoms with Crippen molar-refractivity contribution in [1.29, 1.82) is 0 Å². The van der Waals surface area contributed by atoms with Crippen molar-refractivity contribution in [3.05, 3.63) is 54.1 Å². The highest BCUT2D eigenvalue weighted by molar-refractivity contribution is 5.45. The van der Waals surface area contributed by atoms with E-state index >= 15 is 0 Å². The van der Waals surface area contributed by atoms with Crippen LogP contribution in [0.4, 0.5) is 11.8 Å². The highest BCUT2D eigenvalue weighted by Gasteiger charge is 2.20. The molecule has 0 N–H and O–H groups in total. The molecule has 1 fully saturated rings. The monoisotopic (exact) mass is 335 g/mol. The van der Waals surface area contributed by atoms with Crippen LogP contribution in [-0.2, 0) is 0 Å². The number of pyridine rings is 1. The van der Waals surface area contributed by atoms with Crippen LogP contribution in [0.5, 0.6) is 0 Å². The zero-order valence-electron chi connectivity index (χ0n) is 14.5. The first kappa shape index (κ1) is 15.6. The van der Waals surface area contributed by atoms with E-state index in [4.69, 9.17) is 4.98 Å². The first-order chi connectivity index (χ1) is 12.2. The summed E-state index contributed by atoms with van der Waals surface area (Å²) in [7, 11) is 0. The molecule has 7 heteroatoms. The molecule has 7 nitrogen and oxygen atoms in total. The Morgan fingerprint density at radius 1 is 0.800 bits per heavy atom. The predicted molar refractivity (Wildman–Crippen MR) is 97.3 cm³/mol. The fourth-order valence-corrected chi connectivity index (χ4v) is 3.10. The van der Waals surface area contributed by atoms with E-state index < -0.39 is 0 Å². The molecule has 0 aliphatic carbocycles. The van der Waals surface area contributed by atoms with Gasteiger partial charge in [-0.2, -0.15) is 5.10 Å². The fraction of sp³-hybridized carbons (Fsp3) is 0.333. The van der Waals surface area contributed by atoms with E-state index in [0.717, 1.165) is 55.2 Å². The lowest BCUT2D eigenvalue weighted by Crippen LogP contribution is -2.47. The van der Waals surface area contributed by atoms with Crippen LogP contribution in [0, 0.1) is 13.8 Å². The maximum Gasteiger partial charge on any atom is 0.225 e. The van der Waals surface area contributed by atoms with Crippen LogP contribution in [0.15, 0.2) is 42.7 Å². The van der Waals surface area contributed by atoms with Crippen LogP contribution in [0.1, 0.15) is 11.4 Å². The molecule has 4 heterocycles. The Morgan fingerprint density at radius 3 is 2.16 bits per heavy atom. The molecule has 3 aromatic rings. The smallest absolute Gasteiger partial charge is 0.225 e. The molecule has 0 aromatic carbocycles. The molecule has 1 saturated heterocycles. The lowest BCUT2D eigenvalue weighted by molar-refractivity contribution is 0.631. The molecular weight excluding hydrogens is 314 g/mol. The van der Waals surface area contributed by atoms with Crippen LogP contribution in [0.2, 0.25) is 0 Å². The van der Waals surface area contributed by atoms with Gasteiger partial charge in [0, 0.05) is 50.0 Å². The molecule has 0 spiro atoms. The van der Waals surface area contributed by atoms with Gasteiger partial charge in [0.15, 0.2) is 5.82 Å². The summed E-state index contributed by atoms with van der Waals surface area (Å²) in [4.78, 5) is 18.4. The molecule has 0 atom stereocenters. The minimum Gasteiger partial charge on any atom is -0.353 e. The number of aryl methyl sites for hydroxylation is 2. The van der Waals surface area contributed by atoms with Crippen LogP contribution in [-0.4, -0.2) is 50.9 Å². The second-order valence-corrected chi connectivity index (χ2v) is 6.23. The van der Waals surface area contributed by atoms with Crippen molar-refractivity contribution in [3.63, 3.8) is 0 Å². The minimum atomic E-state index is 0.829. The summed E-state index contributed by atoms with van der Waals surface area (Å²) in [5.41, 5.74) is 2.03. The highest BCUT2D eigenvalue weighted by Crippen LogP contribution is 2.18. The van der Waals surface area contributed by atoms with Gasteiger partial charge in [0.2, 0.25) is 5.95 Å². The minimum absolute atomic E-state index is 0.829. The summed E-state index contributed by atoms with van der Waals surface area (Å²) in [5, 5.41) is 4.25. The highest BCUT2D eigenvalue weighted by atomic mass is 15.3. The standard InChI is InChI=1S/C18H21N7/c1-14-13-15(2)21-18(20-14)24-11-9-23(10-12-24)16-5-3-6-17(22-16)25-8-4-7-19-25/h3-8,13H,9-12H2,1-2H3. The molecule has 0 amide bonds. The normalized spacial score (nSPS) is 14.8. The number of anilines is 2. The third kappa shape index (κ3) is 3.31. The zero-order chi connectivity index (χ0) is 17.2. The Balaban J connectivity index is 1.48.